The van der Waals surface area contributed by atoms with Gasteiger partial charge in [0, 0.05) is 18.7 Å². The van der Waals surface area contributed by atoms with Crippen molar-refractivity contribution in [3.8, 4) is 0 Å². The van der Waals surface area contributed by atoms with E-state index in [9.17, 15) is 8.42 Å². The molecule has 1 unspecified atom stereocenters. The van der Waals surface area contributed by atoms with Crippen LogP contribution in [-0.4, -0.2) is 50.9 Å². The van der Waals surface area contributed by atoms with Crippen molar-refractivity contribution < 1.29 is 17.9 Å². The molecule has 2 rings (SSSR count). The van der Waals surface area contributed by atoms with Gasteiger partial charge in [-0.25, -0.2) is 8.42 Å². The number of hydrogen-bond donors (Lipinski definition) is 0. The summed E-state index contributed by atoms with van der Waals surface area (Å²) in [6, 6.07) is 7.33. The Morgan fingerprint density at radius 1 is 1.45 bits per heavy atom. The summed E-state index contributed by atoms with van der Waals surface area (Å²) in [4.78, 5) is 0. The zero-order chi connectivity index (χ0) is 16.4. The third-order valence-electron chi connectivity index (χ3n) is 3.75. The monoisotopic (exact) mass is 347 g/mol. The Morgan fingerprint density at radius 2 is 2.18 bits per heavy atom. The standard InChI is InChI=1S/C15H22ClNO4S/c1-15(2)11-21-14(12-5-4-6-13(16)9-12)10-17(15)22(18,19)8-7-20-3/h4-6,9,14H,7-8,10-11H2,1-3H3. The van der Waals surface area contributed by atoms with Gasteiger partial charge in [0.2, 0.25) is 10.0 Å². The maximum Gasteiger partial charge on any atom is 0.217 e. The van der Waals surface area contributed by atoms with Crippen molar-refractivity contribution in [1.82, 2.24) is 4.31 Å². The van der Waals surface area contributed by atoms with E-state index in [-0.39, 0.29) is 25.0 Å². The van der Waals surface area contributed by atoms with Crippen molar-refractivity contribution in [3.05, 3.63) is 34.9 Å². The van der Waals surface area contributed by atoms with E-state index in [2.05, 4.69) is 0 Å². The summed E-state index contributed by atoms with van der Waals surface area (Å²) in [6.07, 6.45) is -0.316. The maximum atomic E-state index is 12.6. The van der Waals surface area contributed by atoms with Gasteiger partial charge in [0.25, 0.3) is 0 Å². The zero-order valence-corrected chi connectivity index (χ0v) is 14.7. The number of rotatable bonds is 5. The smallest absolute Gasteiger partial charge is 0.217 e. The summed E-state index contributed by atoms with van der Waals surface area (Å²) in [5, 5.41) is 0.611. The molecule has 1 aromatic carbocycles. The van der Waals surface area contributed by atoms with Crippen LogP contribution in [0.15, 0.2) is 24.3 Å². The number of halogens is 1. The molecule has 124 valence electrons. The molecule has 1 fully saturated rings. The molecular formula is C15H22ClNO4S. The third-order valence-corrected chi connectivity index (χ3v) is 5.98. The van der Waals surface area contributed by atoms with Crippen LogP contribution in [0, 0.1) is 0 Å². The lowest BCUT2D eigenvalue weighted by atomic mass is 10.0. The SMILES string of the molecule is COCCS(=O)(=O)N1CC(c2cccc(Cl)c2)OCC1(C)C. The zero-order valence-electron chi connectivity index (χ0n) is 13.1. The predicted octanol–water partition coefficient (Wildman–Crippen LogP) is 2.47. The lowest BCUT2D eigenvalue weighted by Crippen LogP contribution is -2.56. The van der Waals surface area contributed by atoms with Crippen molar-refractivity contribution in [2.75, 3.05) is 32.6 Å². The largest absolute Gasteiger partial charge is 0.384 e. The summed E-state index contributed by atoms with van der Waals surface area (Å²) in [5.74, 6) is -0.0325. The van der Waals surface area contributed by atoms with Gasteiger partial charge >= 0.3 is 0 Å². The highest BCUT2D eigenvalue weighted by molar-refractivity contribution is 7.89. The van der Waals surface area contributed by atoms with E-state index in [4.69, 9.17) is 21.1 Å². The molecule has 0 radical (unpaired) electrons. The summed E-state index contributed by atoms with van der Waals surface area (Å²) in [6.45, 7) is 4.52. The summed E-state index contributed by atoms with van der Waals surface area (Å²) < 4.78 is 37.4. The Balaban J connectivity index is 2.24. The molecule has 0 amide bonds. The first-order valence-electron chi connectivity index (χ1n) is 7.13. The first kappa shape index (κ1) is 17.7. The maximum absolute atomic E-state index is 12.6. The van der Waals surface area contributed by atoms with Crippen LogP contribution in [0.3, 0.4) is 0 Å². The van der Waals surface area contributed by atoms with Crippen LogP contribution in [0.2, 0.25) is 5.02 Å². The topological polar surface area (TPSA) is 55.8 Å². The molecule has 0 saturated carbocycles. The van der Waals surface area contributed by atoms with Crippen LogP contribution in [0.4, 0.5) is 0 Å². The Hall–Kier alpha value is -0.660. The van der Waals surface area contributed by atoms with E-state index < -0.39 is 15.6 Å². The first-order valence-corrected chi connectivity index (χ1v) is 9.11. The minimum atomic E-state index is -3.41. The van der Waals surface area contributed by atoms with Crippen molar-refractivity contribution in [1.29, 1.82) is 0 Å². The van der Waals surface area contributed by atoms with Gasteiger partial charge in [-0.2, -0.15) is 4.31 Å². The molecule has 0 spiro atoms. The Kier molecular flexibility index (Phi) is 5.50. The number of sulfonamides is 1. The molecule has 1 saturated heterocycles. The van der Waals surface area contributed by atoms with Crippen LogP contribution in [0.5, 0.6) is 0 Å². The number of nitrogens with zero attached hydrogens (tertiary/aromatic N) is 1. The van der Waals surface area contributed by atoms with Gasteiger partial charge < -0.3 is 9.47 Å². The summed E-state index contributed by atoms with van der Waals surface area (Å²) in [5.41, 5.74) is 0.303. The molecule has 22 heavy (non-hydrogen) atoms. The fourth-order valence-corrected chi connectivity index (χ4v) is 4.49. The van der Waals surface area contributed by atoms with Crippen LogP contribution in [-0.2, 0) is 19.5 Å². The lowest BCUT2D eigenvalue weighted by Gasteiger charge is -2.44. The van der Waals surface area contributed by atoms with E-state index in [1.165, 1.54) is 11.4 Å². The van der Waals surface area contributed by atoms with E-state index in [1.807, 2.05) is 32.0 Å². The third kappa shape index (κ3) is 4.00. The molecule has 1 heterocycles. The minimum absolute atomic E-state index is 0.0325. The lowest BCUT2D eigenvalue weighted by molar-refractivity contribution is -0.0656. The minimum Gasteiger partial charge on any atom is -0.384 e. The van der Waals surface area contributed by atoms with Crippen molar-refractivity contribution >= 4 is 21.6 Å². The summed E-state index contributed by atoms with van der Waals surface area (Å²) >= 11 is 6.01. The molecule has 7 heteroatoms. The number of benzene rings is 1. The average molecular weight is 348 g/mol. The number of ether oxygens (including phenoxy) is 2. The average Bonchev–Trinajstić information content (AvgIpc) is 2.44. The number of morpholine rings is 1. The second kappa shape index (κ2) is 6.84. The summed E-state index contributed by atoms with van der Waals surface area (Å²) in [7, 11) is -1.91. The fourth-order valence-electron chi connectivity index (χ4n) is 2.52. The number of hydrogen-bond acceptors (Lipinski definition) is 4. The molecule has 0 N–H and O–H groups in total. The first-order chi connectivity index (χ1) is 10.3. The molecule has 5 nitrogen and oxygen atoms in total. The Labute approximate surface area is 137 Å². The normalized spacial score (nSPS) is 22.6. The molecule has 1 aliphatic rings. The molecule has 1 atom stereocenters. The molecule has 1 aromatic rings. The van der Waals surface area contributed by atoms with E-state index in [0.717, 1.165) is 5.56 Å². The Morgan fingerprint density at radius 3 is 2.82 bits per heavy atom. The second-order valence-corrected chi connectivity index (χ2v) is 8.46. The molecule has 0 aliphatic carbocycles. The predicted molar refractivity (Wildman–Crippen MR) is 86.6 cm³/mol. The molecule has 0 bridgehead atoms. The highest BCUT2D eigenvalue weighted by Gasteiger charge is 2.42. The van der Waals surface area contributed by atoms with Gasteiger partial charge in [0.15, 0.2) is 0 Å². The van der Waals surface area contributed by atoms with Crippen LogP contribution in [0.1, 0.15) is 25.5 Å². The van der Waals surface area contributed by atoms with Crippen molar-refractivity contribution in [2.45, 2.75) is 25.5 Å². The van der Waals surface area contributed by atoms with E-state index >= 15 is 0 Å². The quantitative estimate of drug-likeness (QED) is 0.821. The fraction of sp³-hybridized carbons (Fsp3) is 0.600. The van der Waals surface area contributed by atoms with Gasteiger partial charge in [-0.15, -0.1) is 0 Å². The highest BCUT2D eigenvalue weighted by atomic mass is 35.5. The number of methoxy groups -OCH3 is 1. The van der Waals surface area contributed by atoms with Gasteiger partial charge in [-0.1, -0.05) is 23.7 Å². The van der Waals surface area contributed by atoms with Gasteiger partial charge in [0.05, 0.1) is 30.6 Å². The van der Waals surface area contributed by atoms with Crippen LogP contribution < -0.4 is 0 Å². The van der Waals surface area contributed by atoms with Crippen LogP contribution >= 0.6 is 11.6 Å². The van der Waals surface area contributed by atoms with Crippen molar-refractivity contribution in [2.24, 2.45) is 0 Å². The second-order valence-electron chi connectivity index (χ2n) is 6.01. The van der Waals surface area contributed by atoms with Crippen LogP contribution in [0.25, 0.3) is 0 Å². The Bertz CT molecular complexity index is 618. The molecular weight excluding hydrogens is 326 g/mol. The highest BCUT2D eigenvalue weighted by Crippen LogP contribution is 2.33. The van der Waals surface area contributed by atoms with E-state index in [0.29, 0.717) is 11.6 Å². The van der Waals surface area contributed by atoms with Crippen molar-refractivity contribution in [3.63, 3.8) is 0 Å². The molecule has 0 aromatic heterocycles. The van der Waals surface area contributed by atoms with E-state index in [1.54, 1.807) is 6.07 Å². The molecule has 1 aliphatic heterocycles. The van der Waals surface area contributed by atoms with Gasteiger partial charge in [-0.05, 0) is 31.5 Å². The van der Waals surface area contributed by atoms with Gasteiger partial charge in [0.1, 0.15) is 0 Å². The van der Waals surface area contributed by atoms with Gasteiger partial charge in [-0.3, -0.25) is 0 Å².